The highest BCUT2D eigenvalue weighted by atomic mass is 35.5. The van der Waals surface area contributed by atoms with Crippen LogP contribution in [0.1, 0.15) is 70.6 Å². The summed E-state index contributed by atoms with van der Waals surface area (Å²) in [7, 11) is 1.42. The molecule has 0 aliphatic heterocycles. The smallest absolute Gasteiger partial charge is 0.331 e. The normalized spacial score (nSPS) is 34.2. The van der Waals surface area contributed by atoms with E-state index in [0.717, 1.165) is 51.4 Å². The van der Waals surface area contributed by atoms with Gasteiger partial charge in [0.2, 0.25) is 5.91 Å². The highest BCUT2D eigenvalue weighted by Gasteiger charge is 2.45. The Morgan fingerprint density at radius 1 is 1.00 bits per heavy atom. The molecule has 0 aromatic carbocycles. The van der Waals surface area contributed by atoms with Gasteiger partial charge in [0, 0.05) is 12.0 Å². The number of rotatable bonds is 3. The topological polar surface area (TPSA) is 81.4 Å². The van der Waals surface area contributed by atoms with Gasteiger partial charge in [0.05, 0.1) is 7.11 Å². The molecule has 0 aromatic rings. The number of methoxy groups -OCH3 is 1. The van der Waals surface area contributed by atoms with E-state index < -0.39 is 5.54 Å². The lowest BCUT2D eigenvalue weighted by molar-refractivity contribution is -0.152. The Labute approximate surface area is 157 Å². The average molecular weight is 373 g/mol. The minimum Gasteiger partial charge on any atom is -0.467 e. The summed E-state index contributed by atoms with van der Waals surface area (Å²) in [6.07, 6.45) is 10.9. The fourth-order valence-corrected chi connectivity index (χ4v) is 5.25. The van der Waals surface area contributed by atoms with Crippen molar-refractivity contribution in [3.63, 3.8) is 0 Å². The molecule has 3 aliphatic carbocycles. The van der Waals surface area contributed by atoms with Crippen LogP contribution in [0.15, 0.2) is 0 Å². The maximum atomic E-state index is 13.0. The van der Waals surface area contributed by atoms with Gasteiger partial charge in [0.1, 0.15) is 5.54 Å². The lowest BCUT2D eigenvalue weighted by Crippen LogP contribution is -2.58. The number of fused-ring (bicyclic) bond motifs is 2. The number of esters is 1. The summed E-state index contributed by atoms with van der Waals surface area (Å²) in [6, 6.07) is 0.259. The minimum absolute atomic E-state index is 0. The van der Waals surface area contributed by atoms with Crippen molar-refractivity contribution in [1.82, 2.24) is 5.32 Å². The minimum atomic E-state index is -0.809. The maximum absolute atomic E-state index is 13.0. The van der Waals surface area contributed by atoms with Crippen LogP contribution >= 0.6 is 12.4 Å². The molecular formula is C19H33ClN2O3. The standard InChI is InChI=1S/C19H32N2O3.ClH/c1-24-18(23)19(9-4-2-3-5-10-19)21-17(22)15-11-13-7-6-8-14(12-15)16(13)20;/h13-16H,2-12,20H2,1H3,(H,21,22);1H. The van der Waals surface area contributed by atoms with Crippen molar-refractivity contribution in [1.29, 1.82) is 0 Å². The van der Waals surface area contributed by atoms with Gasteiger partial charge >= 0.3 is 5.97 Å². The number of carbonyl (C=O) groups excluding carboxylic acids is 2. The molecule has 0 heterocycles. The Hall–Kier alpha value is -0.810. The van der Waals surface area contributed by atoms with Crippen molar-refractivity contribution in [3.05, 3.63) is 0 Å². The van der Waals surface area contributed by atoms with Crippen LogP contribution in [0.4, 0.5) is 0 Å². The first-order valence-corrected chi connectivity index (χ1v) is 9.72. The highest BCUT2D eigenvalue weighted by Crippen LogP contribution is 2.42. The van der Waals surface area contributed by atoms with E-state index >= 15 is 0 Å². The summed E-state index contributed by atoms with van der Waals surface area (Å²) in [6.45, 7) is 0. The Morgan fingerprint density at radius 2 is 1.56 bits per heavy atom. The third-order valence-corrected chi connectivity index (χ3v) is 6.68. The van der Waals surface area contributed by atoms with Crippen LogP contribution in [-0.2, 0) is 14.3 Å². The van der Waals surface area contributed by atoms with Gasteiger partial charge in [-0.2, -0.15) is 0 Å². The third kappa shape index (κ3) is 4.30. The van der Waals surface area contributed by atoms with Crippen LogP contribution in [-0.4, -0.2) is 30.6 Å². The van der Waals surface area contributed by atoms with Crippen LogP contribution in [0.2, 0.25) is 0 Å². The van der Waals surface area contributed by atoms with Crippen LogP contribution in [0.5, 0.6) is 0 Å². The zero-order valence-corrected chi connectivity index (χ0v) is 16.1. The van der Waals surface area contributed by atoms with Crippen molar-refractivity contribution in [2.45, 2.75) is 82.2 Å². The highest BCUT2D eigenvalue weighted by molar-refractivity contribution is 5.89. The fraction of sp³-hybridized carbons (Fsp3) is 0.895. The average Bonchev–Trinajstić information content (AvgIpc) is 2.80. The van der Waals surface area contributed by atoms with Crippen molar-refractivity contribution < 1.29 is 14.3 Å². The Morgan fingerprint density at radius 3 is 2.08 bits per heavy atom. The lowest BCUT2D eigenvalue weighted by atomic mass is 9.65. The second-order valence-electron chi connectivity index (χ2n) is 8.17. The number of carbonyl (C=O) groups is 2. The van der Waals surface area contributed by atoms with E-state index in [1.165, 1.54) is 13.5 Å². The Kier molecular flexibility index (Phi) is 7.15. The third-order valence-electron chi connectivity index (χ3n) is 6.68. The van der Waals surface area contributed by atoms with Crippen LogP contribution < -0.4 is 11.1 Å². The number of nitrogens with two attached hydrogens (primary N) is 1. The molecule has 3 aliphatic rings. The summed E-state index contributed by atoms with van der Waals surface area (Å²) in [5.74, 6) is 0.717. The fourth-order valence-electron chi connectivity index (χ4n) is 5.25. The number of hydrogen-bond acceptors (Lipinski definition) is 4. The molecule has 0 saturated heterocycles. The molecule has 5 nitrogen and oxygen atoms in total. The molecule has 3 rings (SSSR count). The number of nitrogens with one attached hydrogen (secondary N) is 1. The maximum Gasteiger partial charge on any atom is 0.331 e. The van der Waals surface area contributed by atoms with Crippen molar-refractivity contribution in [2.75, 3.05) is 7.11 Å². The van der Waals surface area contributed by atoms with Crippen LogP contribution in [0, 0.1) is 17.8 Å². The molecule has 25 heavy (non-hydrogen) atoms. The summed E-state index contributed by atoms with van der Waals surface area (Å²) >= 11 is 0. The summed E-state index contributed by atoms with van der Waals surface area (Å²) in [4.78, 5) is 25.4. The quantitative estimate of drug-likeness (QED) is 0.589. The number of amides is 1. The van der Waals surface area contributed by atoms with Crippen molar-refractivity contribution in [2.24, 2.45) is 23.5 Å². The summed E-state index contributed by atoms with van der Waals surface area (Å²) in [5, 5.41) is 3.14. The summed E-state index contributed by atoms with van der Waals surface area (Å²) < 4.78 is 5.05. The molecule has 2 atom stereocenters. The predicted molar refractivity (Wildman–Crippen MR) is 99.4 cm³/mol. The monoisotopic (exact) mass is 372 g/mol. The number of ether oxygens (including phenoxy) is 1. The molecule has 0 radical (unpaired) electrons. The molecule has 0 spiro atoms. The molecule has 6 heteroatoms. The first-order valence-electron chi connectivity index (χ1n) is 9.72. The zero-order chi connectivity index (χ0) is 17.2. The van der Waals surface area contributed by atoms with E-state index in [1.807, 2.05) is 0 Å². The van der Waals surface area contributed by atoms with Crippen LogP contribution in [0.25, 0.3) is 0 Å². The van der Waals surface area contributed by atoms with Crippen LogP contribution in [0.3, 0.4) is 0 Å². The van der Waals surface area contributed by atoms with E-state index in [2.05, 4.69) is 5.32 Å². The predicted octanol–water partition coefficient (Wildman–Crippen LogP) is 2.94. The first-order chi connectivity index (χ1) is 11.6. The molecule has 144 valence electrons. The molecule has 3 fully saturated rings. The molecule has 3 N–H and O–H groups in total. The zero-order valence-electron chi connectivity index (χ0n) is 15.3. The molecule has 1 amide bonds. The van der Waals surface area contributed by atoms with Gasteiger partial charge in [-0.25, -0.2) is 4.79 Å². The van der Waals surface area contributed by atoms with Crippen molar-refractivity contribution in [3.8, 4) is 0 Å². The van der Waals surface area contributed by atoms with Gasteiger partial charge in [-0.05, 0) is 50.4 Å². The first kappa shape index (κ1) is 20.5. The van der Waals surface area contributed by atoms with Gasteiger partial charge in [-0.1, -0.05) is 32.1 Å². The lowest BCUT2D eigenvalue weighted by Gasteiger charge is -2.44. The van der Waals surface area contributed by atoms with Gasteiger partial charge in [-0.3, -0.25) is 4.79 Å². The van der Waals surface area contributed by atoms with Gasteiger partial charge in [-0.15, -0.1) is 12.4 Å². The van der Waals surface area contributed by atoms with Gasteiger partial charge < -0.3 is 15.8 Å². The molecule has 2 unspecified atom stereocenters. The molecule has 3 saturated carbocycles. The van der Waals surface area contributed by atoms with Gasteiger partial charge in [0.25, 0.3) is 0 Å². The SMILES string of the molecule is COC(=O)C1(NC(=O)C2CC3CCCC(C2)C3N)CCCCCC1.Cl. The summed E-state index contributed by atoms with van der Waals surface area (Å²) in [5.41, 5.74) is 5.53. The second-order valence-corrected chi connectivity index (χ2v) is 8.17. The molecule has 2 bridgehead atoms. The number of halogens is 1. The van der Waals surface area contributed by atoms with Crippen molar-refractivity contribution >= 4 is 24.3 Å². The Bertz CT molecular complexity index is 463. The van der Waals surface area contributed by atoms with Gasteiger partial charge in [0.15, 0.2) is 0 Å². The second kappa shape index (κ2) is 8.72. The van der Waals surface area contributed by atoms with E-state index in [4.69, 9.17) is 10.5 Å². The van der Waals surface area contributed by atoms with E-state index in [9.17, 15) is 9.59 Å². The molecular weight excluding hydrogens is 340 g/mol. The van der Waals surface area contributed by atoms with E-state index in [0.29, 0.717) is 24.7 Å². The van der Waals surface area contributed by atoms with E-state index in [1.54, 1.807) is 0 Å². The Balaban J connectivity index is 0.00000225. The largest absolute Gasteiger partial charge is 0.467 e. The number of hydrogen-bond donors (Lipinski definition) is 2. The molecule has 0 aromatic heterocycles. The van der Waals surface area contributed by atoms with E-state index in [-0.39, 0.29) is 36.2 Å².